The maximum Gasteiger partial charge on any atom is 0.292 e. The normalized spacial score (nSPS) is 10.2. The zero-order valence-electron chi connectivity index (χ0n) is 9.67. The van der Waals surface area contributed by atoms with Crippen molar-refractivity contribution in [3.63, 3.8) is 0 Å². The van der Waals surface area contributed by atoms with Crippen molar-refractivity contribution in [2.45, 2.75) is 12.8 Å². The lowest BCUT2D eigenvalue weighted by molar-refractivity contribution is -0.384. The van der Waals surface area contributed by atoms with Crippen LogP contribution in [0.5, 0.6) is 0 Å². The summed E-state index contributed by atoms with van der Waals surface area (Å²) in [7, 11) is 0. The van der Waals surface area contributed by atoms with Gasteiger partial charge in [-0.3, -0.25) is 15.2 Å². The molecule has 0 amide bonds. The third-order valence-electron chi connectivity index (χ3n) is 2.47. The maximum absolute atomic E-state index is 10.8. The zero-order chi connectivity index (χ0) is 12.8. The maximum atomic E-state index is 10.8. The summed E-state index contributed by atoms with van der Waals surface area (Å²) < 4.78 is 0. The van der Waals surface area contributed by atoms with Crippen molar-refractivity contribution >= 4 is 11.4 Å². The van der Waals surface area contributed by atoms with E-state index in [0.717, 1.165) is 18.7 Å². The Morgan fingerprint density at radius 2 is 2.22 bits per heavy atom. The Balaban J connectivity index is 1.85. The number of anilines is 1. The molecule has 0 aliphatic carbocycles. The molecule has 18 heavy (non-hydrogen) atoms. The lowest BCUT2D eigenvalue weighted by atomic mass is 10.2. The fraction of sp³-hybridized carbons (Fsp3) is 0.273. The molecule has 0 bridgehead atoms. The fourth-order valence-electron chi connectivity index (χ4n) is 1.61. The fourth-order valence-corrected chi connectivity index (χ4v) is 1.61. The third kappa shape index (κ3) is 3.03. The topological polar surface area (TPSA) is 96.7 Å². The molecular weight excluding hydrogens is 234 g/mol. The second kappa shape index (κ2) is 5.76. The monoisotopic (exact) mass is 247 g/mol. The number of aromatic nitrogens is 3. The molecule has 0 saturated carbocycles. The summed E-state index contributed by atoms with van der Waals surface area (Å²) in [6.45, 7) is 0.644. The van der Waals surface area contributed by atoms with Crippen LogP contribution < -0.4 is 5.32 Å². The average Bonchev–Trinajstić information content (AvgIpc) is 2.88. The number of aryl methyl sites for hydroxylation is 1. The number of hydrogen-bond acceptors (Lipinski definition) is 5. The first-order valence-electron chi connectivity index (χ1n) is 5.59. The van der Waals surface area contributed by atoms with Crippen LogP contribution >= 0.6 is 0 Å². The molecule has 1 aromatic carbocycles. The highest BCUT2D eigenvalue weighted by molar-refractivity contribution is 5.60. The van der Waals surface area contributed by atoms with E-state index in [4.69, 9.17) is 0 Å². The van der Waals surface area contributed by atoms with Crippen LogP contribution in [-0.4, -0.2) is 26.6 Å². The van der Waals surface area contributed by atoms with Crippen molar-refractivity contribution in [1.82, 2.24) is 15.2 Å². The predicted molar refractivity (Wildman–Crippen MR) is 66.3 cm³/mol. The molecule has 0 fully saturated rings. The van der Waals surface area contributed by atoms with Gasteiger partial charge in [-0.25, -0.2) is 4.98 Å². The zero-order valence-corrected chi connectivity index (χ0v) is 9.67. The summed E-state index contributed by atoms with van der Waals surface area (Å²) in [5.41, 5.74) is 0.636. The number of nitro benzene ring substituents is 1. The second-order valence-corrected chi connectivity index (χ2v) is 3.74. The van der Waals surface area contributed by atoms with E-state index in [1.807, 2.05) is 0 Å². The molecule has 0 spiro atoms. The van der Waals surface area contributed by atoms with Crippen LogP contribution in [0.3, 0.4) is 0 Å². The molecule has 7 heteroatoms. The van der Waals surface area contributed by atoms with Crippen LogP contribution in [0, 0.1) is 10.1 Å². The van der Waals surface area contributed by atoms with Crippen molar-refractivity contribution in [3.05, 3.63) is 46.5 Å². The molecule has 94 valence electrons. The molecule has 1 aromatic heterocycles. The number of nitrogens with one attached hydrogen (secondary N) is 2. The van der Waals surface area contributed by atoms with Crippen LogP contribution in [0.25, 0.3) is 0 Å². The molecule has 7 nitrogen and oxygen atoms in total. The standard InChI is InChI=1S/C11H13N5O2/c17-16(18)10-5-2-1-4-9(10)12-7-3-6-11-13-8-14-15-11/h1-2,4-5,8,12H,3,6-7H2,(H,13,14,15). The van der Waals surface area contributed by atoms with Crippen molar-refractivity contribution in [2.75, 3.05) is 11.9 Å². The number of nitrogens with zero attached hydrogens (tertiary/aromatic N) is 3. The van der Waals surface area contributed by atoms with Crippen molar-refractivity contribution in [3.8, 4) is 0 Å². The van der Waals surface area contributed by atoms with Gasteiger partial charge in [-0.05, 0) is 12.5 Å². The lowest BCUT2D eigenvalue weighted by Crippen LogP contribution is -2.05. The van der Waals surface area contributed by atoms with Crippen LogP contribution in [0.2, 0.25) is 0 Å². The molecule has 0 atom stereocenters. The number of H-pyrrole nitrogens is 1. The highest BCUT2D eigenvalue weighted by Gasteiger charge is 2.11. The van der Waals surface area contributed by atoms with E-state index in [9.17, 15) is 10.1 Å². The van der Waals surface area contributed by atoms with Gasteiger partial charge in [0, 0.05) is 19.0 Å². The summed E-state index contributed by atoms with van der Waals surface area (Å²) in [6.07, 6.45) is 3.04. The number of hydrogen-bond donors (Lipinski definition) is 2. The minimum Gasteiger partial charge on any atom is -0.379 e. The SMILES string of the molecule is O=[N+]([O-])c1ccccc1NCCCc1ncn[nH]1. The first-order chi connectivity index (χ1) is 8.77. The van der Waals surface area contributed by atoms with Gasteiger partial charge < -0.3 is 5.32 Å². The molecule has 1 heterocycles. The Bertz CT molecular complexity index is 512. The Hall–Kier alpha value is -2.44. The van der Waals surface area contributed by atoms with E-state index in [2.05, 4.69) is 20.5 Å². The summed E-state index contributed by atoms with van der Waals surface area (Å²) in [6, 6.07) is 6.61. The van der Waals surface area contributed by atoms with E-state index < -0.39 is 4.92 Å². The number of rotatable bonds is 6. The van der Waals surface area contributed by atoms with E-state index in [0.29, 0.717) is 12.2 Å². The first-order valence-corrected chi connectivity index (χ1v) is 5.59. The number of para-hydroxylation sites is 2. The minimum absolute atomic E-state index is 0.0946. The number of benzene rings is 1. The smallest absolute Gasteiger partial charge is 0.292 e. The number of aromatic amines is 1. The molecule has 2 N–H and O–H groups in total. The highest BCUT2D eigenvalue weighted by atomic mass is 16.6. The Morgan fingerprint density at radius 3 is 2.94 bits per heavy atom. The van der Waals surface area contributed by atoms with Gasteiger partial charge in [0.1, 0.15) is 17.8 Å². The molecule has 0 aliphatic heterocycles. The van der Waals surface area contributed by atoms with E-state index in [1.165, 1.54) is 12.4 Å². The van der Waals surface area contributed by atoms with E-state index in [1.54, 1.807) is 18.2 Å². The van der Waals surface area contributed by atoms with Gasteiger partial charge in [-0.1, -0.05) is 12.1 Å². The van der Waals surface area contributed by atoms with Gasteiger partial charge in [-0.15, -0.1) is 0 Å². The lowest BCUT2D eigenvalue weighted by Gasteiger charge is -2.05. The minimum atomic E-state index is -0.390. The molecule has 2 rings (SSSR count). The quantitative estimate of drug-likeness (QED) is 0.460. The van der Waals surface area contributed by atoms with Gasteiger partial charge in [0.2, 0.25) is 0 Å². The van der Waals surface area contributed by atoms with Crippen molar-refractivity contribution in [2.24, 2.45) is 0 Å². The van der Waals surface area contributed by atoms with E-state index in [-0.39, 0.29) is 5.69 Å². The number of nitro groups is 1. The summed E-state index contributed by atoms with van der Waals surface area (Å²) in [5, 5.41) is 20.4. The first kappa shape index (κ1) is 12.0. The van der Waals surface area contributed by atoms with Gasteiger partial charge in [-0.2, -0.15) is 5.10 Å². The Morgan fingerprint density at radius 1 is 1.39 bits per heavy atom. The second-order valence-electron chi connectivity index (χ2n) is 3.74. The summed E-state index contributed by atoms with van der Waals surface area (Å²) in [5.74, 6) is 0.819. The average molecular weight is 247 g/mol. The predicted octanol–water partition coefficient (Wildman–Crippen LogP) is 1.76. The Kier molecular flexibility index (Phi) is 3.85. The van der Waals surface area contributed by atoms with Gasteiger partial charge >= 0.3 is 0 Å². The van der Waals surface area contributed by atoms with Crippen molar-refractivity contribution in [1.29, 1.82) is 0 Å². The molecule has 0 aliphatic rings. The highest BCUT2D eigenvalue weighted by Crippen LogP contribution is 2.22. The molecular formula is C11H13N5O2. The third-order valence-corrected chi connectivity index (χ3v) is 2.47. The molecule has 0 saturated heterocycles. The molecule has 2 aromatic rings. The van der Waals surface area contributed by atoms with Crippen LogP contribution in [0.15, 0.2) is 30.6 Å². The van der Waals surface area contributed by atoms with Crippen LogP contribution in [0.4, 0.5) is 11.4 Å². The largest absolute Gasteiger partial charge is 0.379 e. The van der Waals surface area contributed by atoms with Crippen molar-refractivity contribution < 1.29 is 4.92 Å². The van der Waals surface area contributed by atoms with Crippen LogP contribution in [-0.2, 0) is 6.42 Å². The van der Waals surface area contributed by atoms with Gasteiger partial charge in [0.15, 0.2) is 0 Å². The molecule has 0 radical (unpaired) electrons. The molecule has 0 unspecified atom stereocenters. The van der Waals surface area contributed by atoms with Gasteiger partial charge in [0.25, 0.3) is 5.69 Å². The van der Waals surface area contributed by atoms with E-state index >= 15 is 0 Å². The summed E-state index contributed by atoms with van der Waals surface area (Å²) in [4.78, 5) is 14.4. The summed E-state index contributed by atoms with van der Waals surface area (Å²) >= 11 is 0. The van der Waals surface area contributed by atoms with Crippen LogP contribution in [0.1, 0.15) is 12.2 Å². The Labute approximate surface area is 103 Å². The van der Waals surface area contributed by atoms with Gasteiger partial charge in [0.05, 0.1) is 4.92 Å².